The van der Waals surface area contributed by atoms with Crippen molar-refractivity contribution in [2.24, 2.45) is 5.92 Å². The summed E-state index contributed by atoms with van der Waals surface area (Å²) in [5, 5.41) is 0. The fourth-order valence-corrected chi connectivity index (χ4v) is 4.97. The Labute approximate surface area is 165 Å². The third kappa shape index (κ3) is 4.43. The number of likely N-dealkylation sites (tertiary alicyclic amines) is 1. The van der Waals surface area contributed by atoms with Gasteiger partial charge in [0.15, 0.2) is 0 Å². The second-order valence-electron chi connectivity index (χ2n) is 8.42. The Hall–Kier alpha value is -1.81. The van der Waals surface area contributed by atoms with E-state index in [2.05, 4.69) is 4.90 Å². The summed E-state index contributed by atoms with van der Waals surface area (Å²) in [5.41, 5.74) is 1.44. The first-order valence-electron chi connectivity index (χ1n) is 10.5. The Morgan fingerprint density at radius 2 is 1.64 bits per heavy atom. The zero-order valence-electron chi connectivity index (χ0n) is 16.2. The van der Waals surface area contributed by atoms with E-state index in [-0.39, 0.29) is 0 Å². The van der Waals surface area contributed by atoms with Crippen molar-refractivity contribution in [2.45, 2.75) is 50.6 Å². The average Bonchev–Trinajstić information content (AvgIpc) is 3.21. The predicted molar refractivity (Wildman–Crippen MR) is 107 cm³/mol. The smallest absolute Gasteiger partial charge is 0.302 e. The molecule has 150 valence electrons. The third-order valence-corrected chi connectivity index (χ3v) is 6.40. The normalized spacial score (nSPS) is 21.9. The molecule has 1 aliphatic carbocycles. The zero-order chi connectivity index (χ0) is 19.6. The summed E-state index contributed by atoms with van der Waals surface area (Å²) in [6, 6.07) is 13.7. The lowest BCUT2D eigenvalue weighted by Gasteiger charge is -2.35. The van der Waals surface area contributed by atoms with Crippen LogP contribution in [0.15, 0.2) is 48.5 Å². The van der Waals surface area contributed by atoms with E-state index in [9.17, 15) is 13.2 Å². The molecule has 1 aliphatic heterocycles. The van der Waals surface area contributed by atoms with Crippen molar-refractivity contribution < 1.29 is 13.2 Å². The van der Waals surface area contributed by atoms with Gasteiger partial charge in [-0.15, -0.1) is 0 Å². The molecule has 0 unspecified atom stereocenters. The first-order chi connectivity index (χ1) is 13.5. The molecule has 0 spiro atoms. The Kier molecular flexibility index (Phi) is 5.77. The number of piperidine rings is 1. The first kappa shape index (κ1) is 19.5. The van der Waals surface area contributed by atoms with Gasteiger partial charge in [-0.1, -0.05) is 55.3 Å². The molecule has 0 amide bonds. The van der Waals surface area contributed by atoms with E-state index in [1.807, 2.05) is 6.07 Å². The van der Waals surface area contributed by atoms with Gasteiger partial charge in [0.25, 0.3) is 0 Å². The van der Waals surface area contributed by atoms with Crippen LogP contribution in [0.3, 0.4) is 0 Å². The maximum atomic E-state index is 13.6. The Bertz CT molecular complexity index is 778. The molecular weight excluding hydrogens is 359 g/mol. The minimum absolute atomic E-state index is 0.304. The van der Waals surface area contributed by atoms with Crippen LogP contribution in [0.25, 0.3) is 11.1 Å². The van der Waals surface area contributed by atoms with Gasteiger partial charge in [-0.05, 0) is 66.8 Å². The largest absolute Gasteiger partial charge is 0.417 e. The molecule has 2 aromatic rings. The van der Waals surface area contributed by atoms with Gasteiger partial charge in [0, 0.05) is 13.1 Å². The van der Waals surface area contributed by atoms with E-state index in [1.54, 1.807) is 36.4 Å². The number of rotatable bonds is 4. The van der Waals surface area contributed by atoms with Gasteiger partial charge in [-0.3, -0.25) is 0 Å². The van der Waals surface area contributed by atoms with Crippen molar-refractivity contribution in [3.05, 3.63) is 59.7 Å². The van der Waals surface area contributed by atoms with E-state index < -0.39 is 11.7 Å². The van der Waals surface area contributed by atoms with Crippen molar-refractivity contribution in [3.63, 3.8) is 0 Å². The van der Waals surface area contributed by atoms with Gasteiger partial charge in [-0.2, -0.15) is 13.2 Å². The molecule has 2 aromatic carbocycles. The highest BCUT2D eigenvalue weighted by Gasteiger charge is 2.34. The van der Waals surface area contributed by atoms with Crippen LogP contribution >= 0.6 is 0 Å². The summed E-state index contributed by atoms with van der Waals surface area (Å²) in [4.78, 5) is 2.55. The highest BCUT2D eigenvalue weighted by atomic mass is 19.4. The predicted octanol–water partition coefficient (Wildman–Crippen LogP) is 6.74. The van der Waals surface area contributed by atoms with Gasteiger partial charge in [0.1, 0.15) is 0 Å². The Morgan fingerprint density at radius 1 is 0.893 bits per heavy atom. The van der Waals surface area contributed by atoms with Crippen LogP contribution in [0.2, 0.25) is 0 Å². The van der Waals surface area contributed by atoms with E-state index in [4.69, 9.17) is 0 Å². The van der Waals surface area contributed by atoms with E-state index in [0.717, 1.165) is 44.0 Å². The molecule has 1 atom stereocenters. The van der Waals surface area contributed by atoms with Gasteiger partial charge >= 0.3 is 6.18 Å². The summed E-state index contributed by atoms with van der Waals surface area (Å²) in [7, 11) is 0. The molecule has 1 nitrogen and oxygen atoms in total. The van der Waals surface area contributed by atoms with Crippen molar-refractivity contribution in [1.82, 2.24) is 4.90 Å². The van der Waals surface area contributed by atoms with Crippen LogP contribution in [0.1, 0.15) is 55.6 Å². The van der Waals surface area contributed by atoms with Crippen LogP contribution < -0.4 is 0 Å². The molecule has 2 aliphatic rings. The molecule has 4 rings (SSSR count). The molecular formula is C24H28F3N. The number of hydrogen-bond acceptors (Lipinski definition) is 1. The number of benzene rings is 2. The summed E-state index contributed by atoms with van der Waals surface area (Å²) in [5.74, 6) is 1.13. The van der Waals surface area contributed by atoms with Crippen LogP contribution in [0.4, 0.5) is 13.2 Å². The fourth-order valence-electron chi connectivity index (χ4n) is 4.97. The molecule has 2 fully saturated rings. The monoisotopic (exact) mass is 387 g/mol. The molecule has 0 radical (unpaired) electrons. The number of nitrogens with zero attached hydrogens (tertiary/aromatic N) is 1. The van der Waals surface area contributed by atoms with Gasteiger partial charge in [0.05, 0.1) is 5.56 Å². The highest BCUT2D eigenvalue weighted by Crippen LogP contribution is 2.40. The molecule has 4 heteroatoms. The number of halogens is 3. The van der Waals surface area contributed by atoms with Crippen LogP contribution in [-0.2, 0) is 6.18 Å². The number of hydrogen-bond donors (Lipinski definition) is 0. The van der Waals surface area contributed by atoms with Crippen molar-refractivity contribution in [1.29, 1.82) is 0 Å². The molecule has 0 N–H and O–H groups in total. The van der Waals surface area contributed by atoms with E-state index >= 15 is 0 Å². The lowest BCUT2D eigenvalue weighted by atomic mass is 9.86. The summed E-state index contributed by atoms with van der Waals surface area (Å²) < 4.78 is 40.8. The van der Waals surface area contributed by atoms with Gasteiger partial charge in [-0.25, -0.2) is 0 Å². The summed E-state index contributed by atoms with van der Waals surface area (Å²) in [6.45, 7) is 3.25. The molecule has 1 saturated heterocycles. The standard InChI is InChI=1S/C24H28F3N/c25-24(26,27)23-13-12-20(15-22(23)19-9-2-1-3-10-19)21-11-6-14-28(17-21)16-18-7-4-5-8-18/h1-3,9-10,12-13,15,18,21H,4-8,11,14,16-17H2/t21-/m0/s1. The Balaban J connectivity index is 1.59. The van der Waals surface area contributed by atoms with Crippen LogP contribution in [0, 0.1) is 5.92 Å². The fraction of sp³-hybridized carbons (Fsp3) is 0.500. The van der Waals surface area contributed by atoms with Crippen molar-refractivity contribution in [3.8, 4) is 11.1 Å². The summed E-state index contributed by atoms with van der Waals surface area (Å²) >= 11 is 0. The first-order valence-corrected chi connectivity index (χ1v) is 10.5. The maximum absolute atomic E-state index is 13.6. The molecule has 0 bridgehead atoms. The molecule has 0 aromatic heterocycles. The van der Waals surface area contributed by atoms with E-state index in [0.29, 0.717) is 17.0 Å². The lowest BCUT2D eigenvalue weighted by Crippen LogP contribution is -2.37. The lowest BCUT2D eigenvalue weighted by molar-refractivity contribution is -0.137. The average molecular weight is 387 g/mol. The quantitative estimate of drug-likeness (QED) is 0.561. The topological polar surface area (TPSA) is 3.24 Å². The zero-order valence-corrected chi connectivity index (χ0v) is 16.2. The number of alkyl halides is 3. The van der Waals surface area contributed by atoms with Crippen LogP contribution in [-0.4, -0.2) is 24.5 Å². The second-order valence-corrected chi connectivity index (χ2v) is 8.42. The Morgan fingerprint density at radius 3 is 2.36 bits per heavy atom. The third-order valence-electron chi connectivity index (χ3n) is 6.40. The minimum atomic E-state index is -4.34. The van der Waals surface area contributed by atoms with Gasteiger partial charge in [0.2, 0.25) is 0 Å². The van der Waals surface area contributed by atoms with Crippen molar-refractivity contribution >= 4 is 0 Å². The highest BCUT2D eigenvalue weighted by molar-refractivity contribution is 5.69. The van der Waals surface area contributed by atoms with E-state index in [1.165, 1.54) is 31.7 Å². The molecule has 1 saturated carbocycles. The van der Waals surface area contributed by atoms with Crippen molar-refractivity contribution in [2.75, 3.05) is 19.6 Å². The summed E-state index contributed by atoms with van der Waals surface area (Å²) in [6.07, 6.45) is 3.20. The molecule has 1 heterocycles. The van der Waals surface area contributed by atoms with Crippen LogP contribution in [0.5, 0.6) is 0 Å². The maximum Gasteiger partial charge on any atom is 0.417 e. The second kappa shape index (κ2) is 8.28. The van der Waals surface area contributed by atoms with Gasteiger partial charge < -0.3 is 4.90 Å². The SMILES string of the molecule is FC(F)(F)c1ccc([C@H]2CCCN(CC3CCCC3)C2)cc1-c1ccccc1. The minimum Gasteiger partial charge on any atom is -0.302 e. The molecule has 28 heavy (non-hydrogen) atoms.